The van der Waals surface area contributed by atoms with Gasteiger partial charge in [-0.05, 0) is 30.0 Å². The van der Waals surface area contributed by atoms with Crippen LogP contribution < -0.4 is 9.47 Å². The zero-order valence-electron chi connectivity index (χ0n) is 23.6. The number of aliphatic hydroxyl groups is 2. The molecule has 3 heterocycles. The molecule has 0 radical (unpaired) electrons. The maximum atomic E-state index is 13.8. The van der Waals surface area contributed by atoms with E-state index in [4.69, 9.17) is 14.2 Å². The van der Waals surface area contributed by atoms with Crippen LogP contribution in [-0.2, 0) is 38.0 Å². The molecule has 218 valence electrons. The van der Waals surface area contributed by atoms with E-state index in [1.807, 2.05) is 24.3 Å². The normalized spacial score (nSPS) is 14.0. The molecular formula is C29H33F2N5O5. The van der Waals surface area contributed by atoms with Gasteiger partial charge in [0, 0.05) is 57.5 Å². The highest BCUT2D eigenvalue weighted by molar-refractivity contribution is 5.67. The van der Waals surface area contributed by atoms with E-state index in [2.05, 4.69) is 15.1 Å². The first-order chi connectivity index (χ1) is 19.3. The molecule has 0 saturated heterocycles. The van der Waals surface area contributed by atoms with Crippen molar-refractivity contribution in [1.29, 1.82) is 0 Å². The van der Waals surface area contributed by atoms with Crippen molar-refractivity contribution >= 4 is 0 Å². The number of alkyl halides is 2. The number of aryl methyl sites for hydroxylation is 2. The van der Waals surface area contributed by atoms with Crippen molar-refractivity contribution in [3.63, 3.8) is 0 Å². The average molecular weight is 570 g/mol. The fraction of sp³-hybridized carbons (Fsp3) is 0.414. The van der Waals surface area contributed by atoms with Gasteiger partial charge in [0.1, 0.15) is 12.2 Å². The van der Waals surface area contributed by atoms with E-state index in [0.717, 1.165) is 43.5 Å². The van der Waals surface area contributed by atoms with Gasteiger partial charge >= 0.3 is 0 Å². The van der Waals surface area contributed by atoms with Crippen LogP contribution in [0.3, 0.4) is 0 Å². The molecule has 10 nitrogen and oxygen atoms in total. The number of rotatable bonds is 11. The highest BCUT2D eigenvalue weighted by Gasteiger charge is 2.34. The molecule has 0 atom stereocenters. The Labute approximate surface area is 236 Å². The minimum Gasteiger partial charge on any atom is -0.481 e. The van der Waals surface area contributed by atoms with Crippen molar-refractivity contribution < 1.29 is 33.2 Å². The third kappa shape index (κ3) is 6.39. The van der Waals surface area contributed by atoms with E-state index in [9.17, 15) is 19.0 Å². The van der Waals surface area contributed by atoms with Gasteiger partial charge in [0.2, 0.25) is 11.8 Å². The molecule has 1 aliphatic carbocycles. The number of halogens is 2. The molecule has 1 fully saturated rings. The summed E-state index contributed by atoms with van der Waals surface area (Å²) in [6.07, 6.45) is 4.99. The lowest BCUT2D eigenvalue weighted by molar-refractivity contribution is -0.330. The lowest BCUT2D eigenvalue weighted by Crippen LogP contribution is -2.27. The topological polar surface area (TPSA) is 117 Å². The van der Waals surface area contributed by atoms with E-state index >= 15 is 0 Å². The largest absolute Gasteiger partial charge is 0.481 e. The summed E-state index contributed by atoms with van der Waals surface area (Å²) in [5.74, 6) is -3.87. The van der Waals surface area contributed by atoms with Crippen molar-refractivity contribution in [2.45, 2.75) is 57.7 Å². The van der Waals surface area contributed by atoms with Crippen molar-refractivity contribution in [1.82, 2.24) is 24.3 Å². The van der Waals surface area contributed by atoms with E-state index < -0.39 is 11.9 Å². The van der Waals surface area contributed by atoms with Crippen molar-refractivity contribution in [3.8, 4) is 34.4 Å². The minimum absolute atomic E-state index is 0.0475. The van der Waals surface area contributed by atoms with Crippen LogP contribution in [0, 0.1) is 0 Å². The van der Waals surface area contributed by atoms with Gasteiger partial charge in [0.05, 0.1) is 25.0 Å². The van der Waals surface area contributed by atoms with Crippen LogP contribution in [-0.4, -0.2) is 47.6 Å². The summed E-state index contributed by atoms with van der Waals surface area (Å²) in [4.78, 5) is 9.18. The van der Waals surface area contributed by atoms with Crippen LogP contribution in [0.15, 0.2) is 42.7 Å². The average Bonchev–Trinajstić information content (AvgIpc) is 3.59. The van der Waals surface area contributed by atoms with E-state index in [0.29, 0.717) is 34.4 Å². The number of ether oxygens (including phenoxy) is 3. The van der Waals surface area contributed by atoms with E-state index in [1.165, 1.54) is 18.5 Å². The molecule has 12 heteroatoms. The van der Waals surface area contributed by atoms with Crippen LogP contribution in [0.2, 0.25) is 0 Å². The molecule has 2 N–H and O–H groups in total. The lowest BCUT2D eigenvalue weighted by atomic mass is 10.1. The Balaban J connectivity index is 1.41. The Morgan fingerprint density at radius 1 is 1.07 bits per heavy atom. The molecule has 0 amide bonds. The molecule has 1 saturated carbocycles. The first-order valence-electron chi connectivity index (χ1n) is 13.2. The summed E-state index contributed by atoms with van der Waals surface area (Å²) in [6.45, 7) is 1.90. The fourth-order valence-corrected chi connectivity index (χ4v) is 4.58. The molecule has 0 unspecified atom stereocenters. The molecule has 0 aliphatic heterocycles. The van der Waals surface area contributed by atoms with Gasteiger partial charge in [-0.1, -0.05) is 24.3 Å². The summed E-state index contributed by atoms with van der Waals surface area (Å²) < 4.78 is 47.8. The van der Waals surface area contributed by atoms with Crippen molar-refractivity contribution in [2.75, 3.05) is 7.11 Å². The second-order valence-corrected chi connectivity index (χ2v) is 10.5. The van der Waals surface area contributed by atoms with Gasteiger partial charge < -0.3 is 29.0 Å². The van der Waals surface area contributed by atoms with Crippen LogP contribution in [0.4, 0.5) is 8.78 Å². The third-order valence-corrected chi connectivity index (χ3v) is 6.87. The highest BCUT2D eigenvalue weighted by atomic mass is 19.3. The van der Waals surface area contributed by atoms with E-state index in [-0.39, 0.29) is 24.7 Å². The minimum atomic E-state index is -2.93. The third-order valence-electron chi connectivity index (χ3n) is 6.87. The maximum absolute atomic E-state index is 13.8. The van der Waals surface area contributed by atoms with Gasteiger partial charge in [0.25, 0.3) is 11.9 Å². The molecule has 3 aromatic heterocycles. The summed E-state index contributed by atoms with van der Waals surface area (Å²) in [6, 6.07) is 8.86. The number of hydrogen-bond acceptors (Lipinski definition) is 8. The van der Waals surface area contributed by atoms with Gasteiger partial charge in [-0.2, -0.15) is 10.1 Å². The predicted molar refractivity (Wildman–Crippen MR) is 145 cm³/mol. The first-order valence-corrected chi connectivity index (χ1v) is 13.2. The molecule has 0 spiro atoms. The van der Waals surface area contributed by atoms with Gasteiger partial charge in [-0.25, -0.2) is 18.4 Å². The molecule has 1 aromatic carbocycles. The Kier molecular flexibility index (Phi) is 7.58. The maximum Gasteiger partial charge on any atom is 0.275 e. The summed E-state index contributed by atoms with van der Waals surface area (Å²) >= 11 is 0. The molecule has 4 aromatic rings. The van der Waals surface area contributed by atoms with Crippen LogP contribution in [0.25, 0.3) is 22.6 Å². The molecule has 41 heavy (non-hydrogen) atoms. The van der Waals surface area contributed by atoms with Gasteiger partial charge in [0.15, 0.2) is 5.82 Å². The van der Waals surface area contributed by atoms with E-state index in [1.54, 1.807) is 30.5 Å². The monoisotopic (exact) mass is 569 g/mol. The second kappa shape index (κ2) is 10.8. The molecular weight excluding hydrogens is 536 g/mol. The summed E-state index contributed by atoms with van der Waals surface area (Å²) in [5.41, 5.74) is 4.17. The number of hydrogen-bond donors (Lipinski definition) is 2. The number of aromatic nitrogens is 5. The Hall–Kier alpha value is -3.87. The standard InChI is InChI=1S/C29H33F2N5O5/c1-28(30,31)21-12-22(35(3)14-21)18-8-6-17(7-9-18)15-40-26-20(16-41-29(2,37)38)13-32-25(33-26)23-24(19-10-11-19)34-36(4)27(23)39-5/h6-9,12-14,19,37-38H,10-11,15-16H2,1-5H3. The zero-order valence-corrected chi connectivity index (χ0v) is 23.6. The van der Waals surface area contributed by atoms with Crippen molar-refractivity contribution in [2.24, 2.45) is 14.1 Å². The smallest absolute Gasteiger partial charge is 0.275 e. The Morgan fingerprint density at radius 2 is 1.78 bits per heavy atom. The summed E-state index contributed by atoms with van der Waals surface area (Å²) in [7, 11) is 5.09. The Morgan fingerprint density at radius 3 is 2.37 bits per heavy atom. The number of benzene rings is 1. The SMILES string of the molecule is COc1c(-c2ncc(COC(C)(O)O)c(OCc3ccc(-c4cc(C(C)(F)F)cn4C)cc3)n2)c(C2CC2)nn1C. The zero-order chi connectivity index (χ0) is 29.5. The predicted octanol–water partition coefficient (Wildman–Crippen LogP) is 4.63. The van der Waals surface area contributed by atoms with Crippen LogP contribution >= 0.6 is 0 Å². The van der Waals surface area contributed by atoms with Crippen molar-refractivity contribution in [3.05, 3.63) is 65.1 Å². The fourth-order valence-electron chi connectivity index (χ4n) is 4.58. The molecule has 1 aliphatic rings. The van der Waals surface area contributed by atoms with Crippen LogP contribution in [0.5, 0.6) is 11.8 Å². The number of methoxy groups -OCH3 is 1. The molecule has 0 bridgehead atoms. The quantitative estimate of drug-likeness (QED) is 0.251. The van der Waals surface area contributed by atoms with Crippen LogP contribution in [0.1, 0.15) is 55.0 Å². The first kappa shape index (κ1) is 28.7. The number of nitrogens with zero attached hydrogens (tertiary/aromatic N) is 5. The molecule has 5 rings (SSSR count). The van der Waals surface area contributed by atoms with Gasteiger partial charge in [-0.15, -0.1) is 0 Å². The second-order valence-electron chi connectivity index (χ2n) is 10.5. The Bertz CT molecular complexity index is 1530. The van der Waals surface area contributed by atoms with Gasteiger partial charge in [-0.3, -0.25) is 0 Å². The highest BCUT2D eigenvalue weighted by Crippen LogP contribution is 2.46. The lowest BCUT2D eigenvalue weighted by Gasteiger charge is -2.18. The summed E-state index contributed by atoms with van der Waals surface area (Å²) in [5, 5.41) is 23.9.